The fraction of sp³-hybridized carbons (Fsp3) is 0.667. The van der Waals surface area contributed by atoms with E-state index in [2.05, 4.69) is 37.2 Å². The van der Waals surface area contributed by atoms with Crippen LogP contribution in [-0.2, 0) is 0 Å². The SMILES string of the molecule is C=S=C(S)N(CC)CC. The largest absolute Gasteiger partial charge is 0.262 e. The van der Waals surface area contributed by atoms with Gasteiger partial charge in [-0.2, -0.15) is 0 Å². The quantitative estimate of drug-likeness (QED) is 0.477. The number of hydrogen-bond acceptors (Lipinski definition) is 0. The smallest absolute Gasteiger partial charge is 0.102 e. The van der Waals surface area contributed by atoms with Crippen LogP contribution in [-0.4, -0.2) is 28.2 Å². The Morgan fingerprint density at radius 2 is 2.00 bits per heavy atom. The standard InChI is InChI=1S/C6H13NS2/c1-4-7(5-2)6(8)9-3/h8H,3-5H2,1-2H3. The molecule has 0 rings (SSSR count). The number of rotatable bonds is 2. The Morgan fingerprint density at radius 3 is 2.11 bits per heavy atom. The van der Waals surface area contributed by atoms with Gasteiger partial charge in [0.15, 0.2) is 0 Å². The first-order chi connectivity index (χ1) is 4.26. The number of hydrogen-bond donors (Lipinski definition) is 1. The maximum absolute atomic E-state index is 4.23. The van der Waals surface area contributed by atoms with Gasteiger partial charge in [0, 0.05) is 13.1 Å². The van der Waals surface area contributed by atoms with Crippen LogP contribution in [0.25, 0.3) is 0 Å². The summed E-state index contributed by atoms with van der Waals surface area (Å²) in [4.78, 5) is 2.15. The zero-order valence-electron chi connectivity index (χ0n) is 5.92. The van der Waals surface area contributed by atoms with Gasteiger partial charge in [-0.25, -0.2) is 0 Å². The van der Waals surface area contributed by atoms with Crippen LogP contribution in [0.15, 0.2) is 0 Å². The van der Waals surface area contributed by atoms with E-state index >= 15 is 0 Å². The molecule has 0 aromatic rings. The maximum Gasteiger partial charge on any atom is 0.102 e. The van der Waals surface area contributed by atoms with Crippen LogP contribution in [0.5, 0.6) is 0 Å². The average Bonchev–Trinajstić information content (AvgIpc) is 1.90. The lowest BCUT2D eigenvalue weighted by Crippen LogP contribution is -2.25. The second kappa shape index (κ2) is 5.09. The van der Waals surface area contributed by atoms with E-state index < -0.39 is 0 Å². The first kappa shape index (κ1) is 9.27. The fourth-order valence-electron chi connectivity index (χ4n) is 0.585. The average molecular weight is 163 g/mol. The Morgan fingerprint density at radius 1 is 1.56 bits per heavy atom. The fourth-order valence-corrected chi connectivity index (χ4v) is 1.31. The summed E-state index contributed by atoms with van der Waals surface area (Å²) in [6.45, 7) is 6.24. The molecule has 0 N–H and O–H groups in total. The highest BCUT2D eigenvalue weighted by atomic mass is 32.2. The molecule has 54 valence electrons. The molecular formula is C6H13NS2. The Bertz CT molecular complexity index is 123. The van der Waals surface area contributed by atoms with E-state index in [1.165, 1.54) is 10.9 Å². The molecule has 9 heavy (non-hydrogen) atoms. The maximum atomic E-state index is 4.23. The molecule has 0 saturated heterocycles. The molecule has 0 amide bonds. The van der Waals surface area contributed by atoms with E-state index in [0.29, 0.717) is 0 Å². The van der Waals surface area contributed by atoms with Crippen molar-refractivity contribution < 1.29 is 0 Å². The van der Waals surface area contributed by atoms with Crippen molar-refractivity contribution in [3.63, 3.8) is 0 Å². The Hall–Kier alpha value is 0.270. The Kier molecular flexibility index (Phi) is 5.24. The lowest BCUT2D eigenvalue weighted by atomic mass is 10.6. The summed E-state index contributed by atoms with van der Waals surface area (Å²) in [5, 5.41) is 0. The normalized spacial score (nSPS) is 9.78. The van der Waals surface area contributed by atoms with Crippen LogP contribution in [0.1, 0.15) is 13.8 Å². The van der Waals surface area contributed by atoms with Gasteiger partial charge in [-0.3, -0.25) is 4.90 Å². The summed E-state index contributed by atoms with van der Waals surface area (Å²) in [6, 6.07) is 0. The van der Waals surface area contributed by atoms with Gasteiger partial charge in [-0.05, 0) is 5.87 Å². The minimum atomic E-state index is 1.00. The summed E-state index contributed by atoms with van der Waals surface area (Å²) in [5.74, 6) is 3.66. The molecule has 0 unspecified atom stereocenters. The van der Waals surface area contributed by atoms with Crippen molar-refractivity contribution in [1.82, 2.24) is 4.90 Å². The molecular weight excluding hydrogens is 150 g/mol. The molecule has 0 aromatic carbocycles. The van der Waals surface area contributed by atoms with Crippen LogP contribution in [0, 0.1) is 0 Å². The van der Waals surface area contributed by atoms with Crippen molar-refractivity contribution in [2.75, 3.05) is 13.1 Å². The number of thiol groups is 1. The summed E-state index contributed by atoms with van der Waals surface area (Å²) in [7, 11) is 1.44. The molecule has 0 heterocycles. The van der Waals surface area contributed by atoms with Gasteiger partial charge in [0.05, 0.1) is 0 Å². The molecule has 0 radical (unpaired) electrons. The van der Waals surface area contributed by atoms with E-state index in [1.807, 2.05) is 0 Å². The van der Waals surface area contributed by atoms with Gasteiger partial charge >= 0.3 is 0 Å². The summed E-state index contributed by atoms with van der Waals surface area (Å²) < 4.78 is 1.00. The third kappa shape index (κ3) is 3.08. The molecule has 0 aromatic heterocycles. The van der Waals surface area contributed by atoms with Gasteiger partial charge in [0.1, 0.15) is 4.32 Å². The van der Waals surface area contributed by atoms with Crippen molar-refractivity contribution in [3.05, 3.63) is 0 Å². The molecule has 0 bridgehead atoms. The predicted molar refractivity (Wildman–Crippen MR) is 51.6 cm³/mol. The van der Waals surface area contributed by atoms with Crippen molar-refractivity contribution in [3.8, 4) is 0 Å². The monoisotopic (exact) mass is 163 g/mol. The highest BCUT2D eigenvalue weighted by Crippen LogP contribution is 1.95. The van der Waals surface area contributed by atoms with Gasteiger partial charge in [0.25, 0.3) is 0 Å². The lowest BCUT2D eigenvalue weighted by Gasteiger charge is -2.14. The van der Waals surface area contributed by atoms with Gasteiger partial charge in [-0.15, -0.1) is 23.6 Å². The Balaban J connectivity index is 3.95. The van der Waals surface area contributed by atoms with E-state index in [1.54, 1.807) is 0 Å². The molecule has 0 spiro atoms. The Labute approximate surface area is 66.0 Å². The van der Waals surface area contributed by atoms with Crippen LogP contribution in [0.4, 0.5) is 0 Å². The second-order valence-electron chi connectivity index (χ2n) is 1.60. The second-order valence-corrected chi connectivity index (χ2v) is 3.00. The third-order valence-corrected chi connectivity index (χ3v) is 2.35. The zero-order valence-corrected chi connectivity index (χ0v) is 7.63. The molecule has 0 fully saturated rings. The van der Waals surface area contributed by atoms with Gasteiger partial charge in [-0.1, -0.05) is 13.8 Å². The van der Waals surface area contributed by atoms with E-state index in [0.717, 1.165) is 17.4 Å². The summed E-state index contributed by atoms with van der Waals surface area (Å²) in [6.07, 6.45) is 0. The zero-order chi connectivity index (χ0) is 7.28. The van der Waals surface area contributed by atoms with E-state index in [-0.39, 0.29) is 0 Å². The molecule has 0 aliphatic carbocycles. The van der Waals surface area contributed by atoms with Crippen molar-refractivity contribution in [2.45, 2.75) is 13.8 Å². The topological polar surface area (TPSA) is 3.24 Å². The molecule has 1 nitrogen and oxygen atoms in total. The van der Waals surface area contributed by atoms with Gasteiger partial charge < -0.3 is 0 Å². The van der Waals surface area contributed by atoms with Crippen LogP contribution in [0.3, 0.4) is 0 Å². The van der Waals surface area contributed by atoms with Crippen molar-refractivity contribution in [2.24, 2.45) is 0 Å². The van der Waals surface area contributed by atoms with Crippen molar-refractivity contribution in [1.29, 1.82) is 0 Å². The molecule has 0 aliphatic heterocycles. The van der Waals surface area contributed by atoms with Gasteiger partial charge in [0.2, 0.25) is 0 Å². The molecule has 0 saturated carbocycles. The van der Waals surface area contributed by atoms with Crippen LogP contribution < -0.4 is 0 Å². The highest BCUT2D eigenvalue weighted by Gasteiger charge is 1.98. The minimum Gasteiger partial charge on any atom is -0.262 e. The molecule has 3 heteroatoms. The van der Waals surface area contributed by atoms with E-state index in [9.17, 15) is 0 Å². The summed E-state index contributed by atoms with van der Waals surface area (Å²) >= 11 is 4.23. The third-order valence-electron chi connectivity index (χ3n) is 1.16. The van der Waals surface area contributed by atoms with Crippen LogP contribution in [0.2, 0.25) is 0 Å². The summed E-state index contributed by atoms with van der Waals surface area (Å²) in [5.41, 5.74) is 0. The minimum absolute atomic E-state index is 1.00. The first-order valence-electron chi connectivity index (χ1n) is 2.99. The van der Waals surface area contributed by atoms with Crippen molar-refractivity contribution >= 4 is 33.8 Å². The highest BCUT2D eigenvalue weighted by molar-refractivity contribution is 8.16. The first-order valence-corrected chi connectivity index (χ1v) is 4.42. The van der Waals surface area contributed by atoms with E-state index in [4.69, 9.17) is 0 Å². The number of nitrogens with zero attached hydrogens (tertiary/aromatic N) is 1. The lowest BCUT2D eigenvalue weighted by molar-refractivity contribution is 0.482. The predicted octanol–water partition coefficient (Wildman–Crippen LogP) is 1.51. The molecule has 0 aliphatic rings. The molecule has 0 atom stereocenters. The van der Waals surface area contributed by atoms with Crippen LogP contribution >= 0.6 is 23.6 Å².